The van der Waals surface area contributed by atoms with Gasteiger partial charge in [-0.3, -0.25) is 0 Å². The van der Waals surface area contributed by atoms with E-state index in [1.165, 1.54) is 21.5 Å². The Bertz CT molecular complexity index is 644. The van der Waals surface area contributed by atoms with Gasteiger partial charge in [0.05, 0.1) is 0 Å². The van der Waals surface area contributed by atoms with E-state index in [2.05, 4.69) is 89.2 Å². The molecule has 4 aromatic carbocycles. The van der Waals surface area contributed by atoms with Gasteiger partial charge in [0, 0.05) is 0 Å². The largest absolute Gasteiger partial charge is 1.00 e. The summed E-state index contributed by atoms with van der Waals surface area (Å²) < 4.78 is 3.39. The second-order valence-corrected chi connectivity index (χ2v) is 4.31. The minimum Gasteiger partial charge on any atom is -1.00 e. The Kier molecular flexibility index (Phi) is 11.0. The summed E-state index contributed by atoms with van der Waals surface area (Å²) in [5.74, 6) is 0. The summed E-state index contributed by atoms with van der Waals surface area (Å²) in [4.78, 5) is 0. The van der Waals surface area contributed by atoms with Crippen molar-refractivity contribution < 1.29 is 48.7 Å². The van der Waals surface area contributed by atoms with Crippen LogP contribution in [0.3, 0.4) is 0 Å². The van der Waals surface area contributed by atoms with Gasteiger partial charge in [-0.1, -0.05) is 12.1 Å². The van der Waals surface area contributed by atoms with E-state index in [1.54, 1.807) is 0 Å². The predicted molar refractivity (Wildman–Crippen MR) is 86.2 cm³/mol. The third-order valence-corrected chi connectivity index (χ3v) is 3.10. The molecule has 0 aromatic heterocycles. The van der Waals surface area contributed by atoms with Gasteiger partial charge in [0.2, 0.25) is 0 Å². The van der Waals surface area contributed by atoms with E-state index in [0.717, 1.165) is 23.9 Å². The minimum atomic E-state index is 0. The maximum atomic E-state index is 3.39. The summed E-state index contributed by atoms with van der Waals surface area (Å²) in [6.07, 6.45) is 0. The van der Waals surface area contributed by atoms with Crippen LogP contribution >= 0.6 is 0 Å². The van der Waals surface area contributed by atoms with Crippen LogP contribution in [0, 0.1) is 0 Å². The predicted octanol–water partition coefficient (Wildman–Crippen LogP) is -0.909. The Morgan fingerprint density at radius 1 is 0.591 bits per heavy atom. The molecule has 3 heteroatoms. The zero-order valence-corrected chi connectivity index (χ0v) is 17.2. The Labute approximate surface area is 158 Å². The summed E-state index contributed by atoms with van der Waals surface area (Å²) in [5.41, 5.74) is 0. The molecule has 4 rings (SSSR count). The molecule has 0 bridgehead atoms. The fraction of sp³-hybridized carbons (Fsp3) is 0. The molecule has 0 saturated heterocycles. The first-order chi connectivity index (χ1) is 9.93. The van der Waals surface area contributed by atoms with E-state index in [1.807, 2.05) is 0 Å². The third kappa shape index (κ3) is 5.64. The molecule has 0 radical (unpaired) electrons. The van der Waals surface area contributed by atoms with Crippen molar-refractivity contribution in [3.63, 3.8) is 0 Å². The fourth-order valence-electron chi connectivity index (χ4n) is 2.14. The Morgan fingerprint density at radius 3 is 1.32 bits per heavy atom. The SMILES string of the molecule is [CH2]=[Hf+2].[Cl-].[Cl-].c1ccc2[cH-]ccc2c1.c1ccc2[cH-]ccc2c1. The molecule has 112 valence electrons. The first-order valence-corrected chi connectivity index (χ1v) is 9.04. The van der Waals surface area contributed by atoms with Crippen LogP contribution in [0.4, 0.5) is 0 Å². The molecule has 0 spiro atoms. The molecule has 0 aliphatic heterocycles. The smallest absolute Gasteiger partial charge is 0.0809 e. The average Bonchev–Trinajstić information content (AvgIpc) is 3.18. The van der Waals surface area contributed by atoms with Crippen molar-refractivity contribution in [1.29, 1.82) is 0 Å². The zero-order chi connectivity index (χ0) is 14.2. The normalized spacial score (nSPS) is 8.64. The van der Waals surface area contributed by atoms with E-state index in [9.17, 15) is 0 Å². The van der Waals surface area contributed by atoms with Gasteiger partial charge in [-0.2, -0.15) is 35.0 Å². The molecular weight excluding hydrogens is 478 g/mol. The van der Waals surface area contributed by atoms with Crippen LogP contribution in [0.15, 0.2) is 84.9 Å². The molecule has 0 unspecified atom stereocenters. The van der Waals surface area contributed by atoms with Gasteiger partial charge in [0.1, 0.15) is 0 Å². The summed E-state index contributed by atoms with van der Waals surface area (Å²) in [6, 6.07) is 29.3. The summed E-state index contributed by atoms with van der Waals surface area (Å²) >= 11 is 1.06. The van der Waals surface area contributed by atoms with E-state index in [0.29, 0.717) is 0 Å². The maximum absolute atomic E-state index is 3.39. The number of fused-ring (bicyclic) bond motifs is 2. The second kappa shape index (κ2) is 11.5. The van der Waals surface area contributed by atoms with Gasteiger partial charge >= 0.3 is 28.2 Å². The van der Waals surface area contributed by atoms with Crippen LogP contribution < -0.4 is 24.8 Å². The van der Waals surface area contributed by atoms with Gasteiger partial charge in [-0.25, -0.2) is 0 Å². The van der Waals surface area contributed by atoms with Crippen molar-refractivity contribution in [3.8, 4) is 0 Å². The molecule has 0 aliphatic carbocycles. The Balaban J connectivity index is 0.000000334. The molecule has 0 saturated carbocycles. The first-order valence-electron chi connectivity index (χ1n) is 6.50. The van der Waals surface area contributed by atoms with Crippen molar-refractivity contribution in [1.82, 2.24) is 0 Å². The average molecular weight is 494 g/mol. The molecule has 22 heavy (non-hydrogen) atoms. The molecule has 0 amide bonds. The molecule has 4 aromatic rings. The molecule has 0 heterocycles. The van der Waals surface area contributed by atoms with E-state index >= 15 is 0 Å². The third-order valence-electron chi connectivity index (χ3n) is 3.10. The number of hydrogen-bond donors (Lipinski definition) is 0. The molecule has 0 N–H and O–H groups in total. The summed E-state index contributed by atoms with van der Waals surface area (Å²) in [5, 5.41) is 5.32. The van der Waals surface area contributed by atoms with Gasteiger partial charge < -0.3 is 24.8 Å². The number of halogens is 2. The van der Waals surface area contributed by atoms with Crippen molar-refractivity contribution in [2.45, 2.75) is 0 Å². The van der Waals surface area contributed by atoms with E-state index < -0.39 is 0 Å². The first kappa shape index (κ1) is 21.0. The van der Waals surface area contributed by atoms with E-state index in [-0.39, 0.29) is 24.8 Å². The molecule has 0 nitrogen and oxygen atoms in total. The van der Waals surface area contributed by atoms with Crippen molar-refractivity contribution in [2.75, 3.05) is 0 Å². The number of rotatable bonds is 0. The summed E-state index contributed by atoms with van der Waals surface area (Å²) in [6.45, 7) is 0. The zero-order valence-electron chi connectivity index (χ0n) is 12.0. The second-order valence-electron chi connectivity index (χ2n) is 4.31. The standard InChI is InChI=1S/2C9H7.CH2.2ClH.Hf/c2*1-2-5-9-7-3-6-8(9)4-1;;;;/h2*1-7H;1H2;2*1H;/q2*-1;;;;+2/p-2. The minimum absolute atomic E-state index is 0. The molecule has 0 fully saturated rings. The van der Waals surface area contributed by atoms with Crippen molar-refractivity contribution in [3.05, 3.63) is 84.9 Å². The molecule has 0 aliphatic rings. The van der Waals surface area contributed by atoms with Gasteiger partial charge in [-0.15, -0.1) is 59.3 Å². The van der Waals surface area contributed by atoms with Crippen molar-refractivity contribution in [2.24, 2.45) is 0 Å². The monoisotopic (exact) mass is 494 g/mol. The topological polar surface area (TPSA) is 0 Å². The van der Waals surface area contributed by atoms with Crippen molar-refractivity contribution >= 4 is 25.8 Å². The Morgan fingerprint density at radius 2 is 0.955 bits per heavy atom. The van der Waals surface area contributed by atoms with Crippen LogP contribution in [0.25, 0.3) is 21.5 Å². The maximum Gasteiger partial charge on any atom is -0.0809 e. The quantitative estimate of drug-likeness (QED) is 0.220. The van der Waals surface area contributed by atoms with Gasteiger partial charge in [0.15, 0.2) is 0 Å². The van der Waals surface area contributed by atoms with Crippen LogP contribution in [0.5, 0.6) is 0 Å². The number of hydrogen-bond acceptors (Lipinski definition) is 0. The summed E-state index contributed by atoms with van der Waals surface area (Å²) in [7, 11) is 0. The van der Waals surface area contributed by atoms with Crippen LogP contribution in [-0.4, -0.2) is 4.26 Å². The van der Waals surface area contributed by atoms with Gasteiger partial charge in [-0.05, 0) is 0 Å². The van der Waals surface area contributed by atoms with Crippen LogP contribution in [0.1, 0.15) is 0 Å². The van der Waals surface area contributed by atoms with E-state index in [4.69, 9.17) is 0 Å². The van der Waals surface area contributed by atoms with Crippen LogP contribution in [0.2, 0.25) is 0 Å². The molecule has 0 atom stereocenters. The Hall–Kier alpha value is -1.02. The number of benzene rings is 2. The fourth-order valence-corrected chi connectivity index (χ4v) is 2.14. The molecular formula is C19H16Cl2Hf-2. The van der Waals surface area contributed by atoms with Gasteiger partial charge in [0.25, 0.3) is 0 Å². The van der Waals surface area contributed by atoms with Crippen LogP contribution in [-0.2, 0) is 23.9 Å².